The lowest BCUT2D eigenvalue weighted by atomic mass is 9.98. The van der Waals surface area contributed by atoms with Gasteiger partial charge in [-0.25, -0.2) is 0 Å². The van der Waals surface area contributed by atoms with Crippen molar-refractivity contribution >= 4 is 34.5 Å². The molecule has 0 aromatic carbocycles. The molecule has 1 N–H and O–H groups in total. The van der Waals surface area contributed by atoms with Crippen LogP contribution in [0, 0.1) is 0 Å². The number of carbonyl (C=O) groups excluding carboxylic acids is 2. The second kappa shape index (κ2) is 9.40. The molecule has 2 amide bonds. The first-order valence-electron chi connectivity index (χ1n) is 10.9. The molecule has 8 heteroatoms. The van der Waals surface area contributed by atoms with Crippen LogP contribution in [-0.2, 0) is 16.0 Å². The summed E-state index contributed by atoms with van der Waals surface area (Å²) in [4.78, 5) is 34.5. The van der Waals surface area contributed by atoms with Crippen molar-refractivity contribution in [3.8, 4) is 0 Å². The van der Waals surface area contributed by atoms with Gasteiger partial charge in [-0.15, -0.1) is 22.7 Å². The lowest BCUT2D eigenvalue weighted by Crippen LogP contribution is -2.54. The fourth-order valence-electron chi connectivity index (χ4n) is 4.41. The lowest BCUT2D eigenvalue weighted by molar-refractivity contribution is -0.135. The average molecular weight is 461 g/mol. The number of hydrogen-bond acceptors (Lipinski definition) is 6. The van der Waals surface area contributed by atoms with E-state index in [0.29, 0.717) is 26.2 Å². The van der Waals surface area contributed by atoms with E-state index in [1.165, 1.54) is 15.3 Å². The summed E-state index contributed by atoms with van der Waals surface area (Å²) in [5, 5.41) is 7.30. The number of hydrogen-bond donors (Lipinski definition) is 1. The molecular weight excluding hydrogens is 428 g/mol. The zero-order valence-electron chi connectivity index (χ0n) is 18.6. The Morgan fingerprint density at radius 1 is 1.03 bits per heavy atom. The molecule has 0 bridgehead atoms. The van der Waals surface area contributed by atoms with Gasteiger partial charge in [-0.05, 0) is 55.6 Å². The van der Waals surface area contributed by atoms with Gasteiger partial charge < -0.3 is 10.2 Å². The van der Waals surface area contributed by atoms with E-state index < -0.39 is 0 Å². The Balaban J connectivity index is 1.33. The first kappa shape index (κ1) is 22.5. The molecule has 1 fully saturated rings. The summed E-state index contributed by atoms with van der Waals surface area (Å²) in [5.41, 5.74) is 1.14. The fourth-order valence-corrected chi connectivity index (χ4v) is 6.19. The normalized spacial score (nSPS) is 20.5. The maximum Gasteiger partial charge on any atom is 0.236 e. The minimum Gasteiger partial charge on any atom is -0.350 e. The Bertz CT molecular complexity index is 895. The van der Waals surface area contributed by atoms with Crippen LogP contribution in [-0.4, -0.2) is 77.9 Å². The molecule has 0 spiro atoms. The number of fused-ring (bicyclic) bond motifs is 1. The van der Waals surface area contributed by atoms with Crippen LogP contribution < -0.4 is 5.32 Å². The molecular formula is C23H32N4O2S2. The number of thiophene rings is 2. The van der Waals surface area contributed by atoms with Crippen LogP contribution in [0.2, 0.25) is 0 Å². The third-order valence-corrected chi connectivity index (χ3v) is 7.74. The quantitative estimate of drug-likeness (QED) is 0.746. The molecule has 1 saturated heterocycles. The van der Waals surface area contributed by atoms with Crippen molar-refractivity contribution in [1.82, 2.24) is 20.0 Å². The maximum absolute atomic E-state index is 13.1. The molecule has 168 valence electrons. The molecule has 4 heterocycles. The number of amides is 2. The van der Waals surface area contributed by atoms with Crippen LogP contribution in [0.4, 0.5) is 0 Å². The zero-order chi connectivity index (χ0) is 22.0. The monoisotopic (exact) mass is 460 g/mol. The molecule has 1 unspecified atom stereocenters. The summed E-state index contributed by atoms with van der Waals surface area (Å²) in [6, 6.07) is 6.68. The number of nitrogens with one attached hydrogen (secondary N) is 1. The van der Waals surface area contributed by atoms with E-state index in [1.807, 2.05) is 37.0 Å². The van der Waals surface area contributed by atoms with Crippen LogP contribution in [0.15, 0.2) is 29.0 Å². The van der Waals surface area contributed by atoms with Crippen molar-refractivity contribution in [3.63, 3.8) is 0 Å². The first-order chi connectivity index (χ1) is 14.8. The van der Waals surface area contributed by atoms with E-state index in [4.69, 9.17) is 0 Å². The lowest BCUT2D eigenvalue weighted by Gasteiger charge is -2.38. The predicted molar refractivity (Wildman–Crippen MR) is 127 cm³/mol. The molecule has 1 atom stereocenters. The minimum atomic E-state index is -0.218. The number of nitrogens with zero attached hydrogens (tertiary/aromatic N) is 3. The van der Waals surface area contributed by atoms with Crippen molar-refractivity contribution < 1.29 is 9.59 Å². The van der Waals surface area contributed by atoms with Gasteiger partial charge in [0.1, 0.15) is 0 Å². The van der Waals surface area contributed by atoms with Crippen molar-refractivity contribution in [3.05, 3.63) is 44.3 Å². The Labute approximate surface area is 192 Å². The van der Waals surface area contributed by atoms with Crippen molar-refractivity contribution in [2.24, 2.45) is 0 Å². The van der Waals surface area contributed by atoms with E-state index in [-0.39, 0.29) is 23.4 Å². The maximum atomic E-state index is 13.1. The molecule has 6 nitrogen and oxygen atoms in total. The molecule has 0 radical (unpaired) electrons. The largest absolute Gasteiger partial charge is 0.350 e. The van der Waals surface area contributed by atoms with Gasteiger partial charge in [-0.3, -0.25) is 19.4 Å². The SMILES string of the molecule is CC(C)(C)NC(=O)CN1CCN(C(=O)CN2CCc3sccc3C2c2cccs2)CC1. The minimum absolute atomic E-state index is 0.0472. The van der Waals surface area contributed by atoms with Crippen molar-refractivity contribution in [1.29, 1.82) is 0 Å². The van der Waals surface area contributed by atoms with Crippen LogP contribution in [0.1, 0.15) is 42.1 Å². The number of carbonyl (C=O) groups is 2. The number of rotatable bonds is 5. The molecule has 2 aromatic rings. The summed E-state index contributed by atoms with van der Waals surface area (Å²) in [7, 11) is 0. The molecule has 0 aliphatic carbocycles. The molecule has 0 saturated carbocycles. The van der Waals surface area contributed by atoms with Crippen LogP contribution in [0.3, 0.4) is 0 Å². The van der Waals surface area contributed by atoms with Gasteiger partial charge in [-0.2, -0.15) is 0 Å². The predicted octanol–water partition coefficient (Wildman–Crippen LogP) is 2.82. The number of piperazine rings is 1. The van der Waals surface area contributed by atoms with E-state index in [0.717, 1.165) is 26.1 Å². The second-order valence-corrected chi connectivity index (χ2v) is 11.4. The van der Waals surface area contributed by atoms with Crippen molar-refractivity contribution in [2.75, 3.05) is 45.8 Å². The Kier molecular flexibility index (Phi) is 6.81. The van der Waals surface area contributed by atoms with Gasteiger partial charge >= 0.3 is 0 Å². The average Bonchev–Trinajstić information content (AvgIpc) is 3.38. The zero-order valence-corrected chi connectivity index (χ0v) is 20.2. The van der Waals surface area contributed by atoms with Gasteiger partial charge in [0.2, 0.25) is 11.8 Å². The summed E-state index contributed by atoms with van der Waals surface area (Å²) in [6.07, 6.45) is 1.01. The molecule has 4 rings (SSSR count). The second-order valence-electron chi connectivity index (χ2n) is 9.39. The topological polar surface area (TPSA) is 55.9 Å². The van der Waals surface area contributed by atoms with Gasteiger partial charge in [0.25, 0.3) is 0 Å². The first-order valence-corrected chi connectivity index (χ1v) is 12.7. The summed E-state index contributed by atoms with van der Waals surface area (Å²) < 4.78 is 0. The molecule has 2 aliphatic heterocycles. The third-order valence-electron chi connectivity index (χ3n) is 5.82. The summed E-state index contributed by atoms with van der Waals surface area (Å²) in [6.45, 7) is 10.6. The van der Waals surface area contributed by atoms with E-state index in [2.05, 4.69) is 44.1 Å². The summed E-state index contributed by atoms with van der Waals surface area (Å²) in [5.74, 6) is 0.241. The standard InChI is InChI=1S/C23H32N4O2S2/c1-23(2,3)24-20(28)15-25-9-11-26(12-10-25)21(29)16-27-8-6-18-17(7-14-31-18)22(27)19-5-4-13-30-19/h4-5,7,13-14,22H,6,8-12,15-16H2,1-3H3,(H,24,28). The molecule has 2 aliphatic rings. The van der Waals surface area contributed by atoms with Crippen molar-refractivity contribution in [2.45, 2.75) is 38.8 Å². The van der Waals surface area contributed by atoms with Gasteiger partial charge in [0.05, 0.1) is 19.1 Å². The fraction of sp³-hybridized carbons (Fsp3) is 0.565. The van der Waals surface area contributed by atoms with Gasteiger partial charge in [0, 0.05) is 48.0 Å². The van der Waals surface area contributed by atoms with E-state index in [9.17, 15) is 9.59 Å². The highest BCUT2D eigenvalue weighted by Crippen LogP contribution is 2.39. The highest BCUT2D eigenvalue weighted by Gasteiger charge is 2.33. The Morgan fingerprint density at radius 3 is 2.48 bits per heavy atom. The van der Waals surface area contributed by atoms with Crippen LogP contribution in [0.25, 0.3) is 0 Å². The Morgan fingerprint density at radius 2 is 1.81 bits per heavy atom. The third kappa shape index (κ3) is 5.55. The highest BCUT2D eigenvalue weighted by molar-refractivity contribution is 7.10. The highest BCUT2D eigenvalue weighted by atomic mass is 32.1. The van der Waals surface area contributed by atoms with Crippen LogP contribution >= 0.6 is 22.7 Å². The smallest absolute Gasteiger partial charge is 0.236 e. The van der Waals surface area contributed by atoms with Crippen LogP contribution in [0.5, 0.6) is 0 Å². The Hall–Kier alpha value is -1.74. The summed E-state index contributed by atoms with van der Waals surface area (Å²) >= 11 is 3.59. The van der Waals surface area contributed by atoms with E-state index >= 15 is 0 Å². The molecule has 2 aromatic heterocycles. The molecule has 31 heavy (non-hydrogen) atoms. The van der Waals surface area contributed by atoms with Gasteiger partial charge in [-0.1, -0.05) is 6.07 Å². The van der Waals surface area contributed by atoms with Gasteiger partial charge in [0.15, 0.2) is 0 Å². The van der Waals surface area contributed by atoms with E-state index in [1.54, 1.807) is 11.3 Å².